The van der Waals surface area contributed by atoms with Crippen LogP contribution in [0.4, 0.5) is 20.2 Å². The Morgan fingerprint density at radius 3 is 2.32 bits per heavy atom. The molecule has 0 saturated heterocycles. The summed E-state index contributed by atoms with van der Waals surface area (Å²) in [6, 6.07) is 8.51. The van der Waals surface area contributed by atoms with Crippen LogP contribution in [0.1, 0.15) is 12.5 Å². The molecule has 2 rings (SSSR count). The number of hydrogen-bond acceptors (Lipinski definition) is 3. The number of amides is 1. The SMILES string of the molecule is Cc1ccccc1NC(=O)[C@H](C)N(c1ccc(F)c(F)c1)S(C)(=O)=O. The Kier molecular flexibility index (Phi) is 5.42. The molecule has 5 nitrogen and oxygen atoms in total. The summed E-state index contributed by atoms with van der Waals surface area (Å²) in [4.78, 5) is 12.5. The number of carbonyl (C=O) groups excluding carboxylic acids is 1. The van der Waals surface area contributed by atoms with E-state index in [9.17, 15) is 22.0 Å². The van der Waals surface area contributed by atoms with Gasteiger partial charge in [0, 0.05) is 11.8 Å². The number of hydrogen-bond donors (Lipinski definition) is 1. The smallest absolute Gasteiger partial charge is 0.248 e. The average molecular weight is 368 g/mol. The molecule has 134 valence electrons. The van der Waals surface area contributed by atoms with Gasteiger partial charge in [-0.1, -0.05) is 18.2 Å². The number of para-hydroxylation sites is 1. The summed E-state index contributed by atoms with van der Waals surface area (Å²) >= 11 is 0. The largest absolute Gasteiger partial charge is 0.324 e. The Labute approximate surface area is 145 Å². The lowest BCUT2D eigenvalue weighted by atomic mass is 10.2. The van der Waals surface area contributed by atoms with Gasteiger partial charge in [0.05, 0.1) is 11.9 Å². The van der Waals surface area contributed by atoms with Crippen LogP contribution in [-0.2, 0) is 14.8 Å². The van der Waals surface area contributed by atoms with Crippen LogP contribution in [0, 0.1) is 18.6 Å². The molecule has 0 aliphatic rings. The van der Waals surface area contributed by atoms with Crippen LogP contribution < -0.4 is 9.62 Å². The third-order valence-electron chi connectivity index (χ3n) is 3.65. The highest BCUT2D eigenvalue weighted by molar-refractivity contribution is 7.92. The molecule has 2 aromatic rings. The summed E-state index contributed by atoms with van der Waals surface area (Å²) in [5.74, 6) is -2.89. The number of carbonyl (C=O) groups is 1. The Morgan fingerprint density at radius 2 is 1.76 bits per heavy atom. The van der Waals surface area contributed by atoms with Gasteiger partial charge in [-0.25, -0.2) is 17.2 Å². The molecule has 0 aromatic heterocycles. The zero-order valence-corrected chi connectivity index (χ0v) is 14.8. The highest BCUT2D eigenvalue weighted by Crippen LogP contribution is 2.24. The van der Waals surface area contributed by atoms with E-state index in [1.807, 2.05) is 0 Å². The first-order valence-electron chi connectivity index (χ1n) is 7.42. The molecule has 0 aliphatic carbocycles. The molecule has 0 spiro atoms. The normalized spacial score (nSPS) is 12.5. The van der Waals surface area contributed by atoms with Crippen LogP contribution in [0.5, 0.6) is 0 Å². The Hall–Kier alpha value is -2.48. The molecular formula is C17H18F2N2O3S. The first kappa shape index (κ1) is 18.9. The molecule has 0 heterocycles. The summed E-state index contributed by atoms with van der Waals surface area (Å²) in [5, 5.41) is 2.65. The predicted molar refractivity (Wildman–Crippen MR) is 93.0 cm³/mol. The highest BCUT2D eigenvalue weighted by Gasteiger charge is 2.30. The van der Waals surface area contributed by atoms with Crippen LogP contribution >= 0.6 is 0 Å². The molecule has 0 fully saturated rings. The molecule has 1 N–H and O–H groups in total. The maximum Gasteiger partial charge on any atom is 0.248 e. The average Bonchev–Trinajstić information content (AvgIpc) is 2.51. The number of anilines is 2. The highest BCUT2D eigenvalue weighted by atomic mass is 32.2. The molecule has 1 atom stereocenters. The van der Waals surface area contributed by atoms with Crippen molar-refractivity contribution < 1.29 is 22.0 Å². The molecule has 0 bridgehead atoms. The van der Waals surface area contributed by atoms with Crippen LogP contribution in [-0.4, -0.2) is 26.6 Å². The Bertz CT molecular complexity index is 901. The van der Waals surface area contributed by atoms with Gasteiger partial charge in [-0.05, 0) is 37.6 Å². The van der Waals surface area contributed by atoms with Crippen LogP contribution in [0.15, 0.2) is 42.5 Å². The molecule has 0 radical (unpaired) electrons. The quantitative estimate of drug-likeness (QED) is 0.882. The van der Waals surface area contributed by atoms with Crippen LogP contribution in [0.25, 0.3) is 0 Å². The van der Waals surface area contributed by atoms with Crippen molar-refractivity contribution in [1.82, 2.24) is 0 Å². The first-order valence-corrected chi connectivity index (χ1v) is 9.27. The fourth-order valence-electron chi connectivity index (χ4n) is 2.38. The lowest BCUT2D eigenvalue weighted by Gasteiger charge is -2.28. The summed E-state index contributed by atoms with van der Waals surface area (Å²) < 4.78 is 51.6. The Balaban J connectivity index is 2.36. The fraction of sp³-hybridized carbons (Fsp3) is 0.235. The minimum atomic E-state index is -3.91. The second kappa shape index (κ2) is 7.18. The third-order valence-corrected chi connectivity index (χ3v) is 4.89. The fourth-order valence-corrected chi connectivity index (χ4v) is 3.55. The Morgan fingerprint density at radius 1 is 1.12 bits per heavy atom. The predicted octanol–water partition coefficient (Wildman–Crippen LogP) is 3.07. The standard InChI is InChI=1S/C17H18F2N2O3S/c1-11-6-4-5-7-16(11)20-17(22)12(2)21(25(3,23)24)13-8-9-14(18)15(19)10-13/h4-10,12H,1-3H3,(H,20,22)/t12-/m0/s1. The van der Waals surface area contributed by atoms with Gasteiger partial charge in [-0.15, -0.1) is 0 Å². The molecule has 0 saturated carbocycles. The van der Waals surface area contributed by atoms with E-state index in [0.29, 0.717) is 5.69 Å². The van der Waals surface area contributed by atoms with Crippen LogP contribution in [0.2, 0.25) is 0 Å². The van der Waals surface area contributed by atoms with Gasteiger partial charge in [-0.3, -0.25) is 9.10 Å². The molecule has 0 aliphatic heterocycles. The second-order valence-electron chi connectivity index (χ2n) is 5.64. The van der Waals surface area contributed by atoms with E-state index in [2.05, 4.69) is 5.32 Å². The van der Waals surface area contributed by atoms with Gasteiger partial charge in [0.15, 0.2) is 11.6 Å². The van der Waals surface area contributed by atoms with E-state index >= 15 is 0 Å². The topological polar surface area (TPSA) is 66.5 Å². The van der Waals surface area contributed by atoms with Crippen molar-refractivity contribution in [2.75, 3.05) is 15.9 Å². The molecule has 25 heavy (non-hydrogen) atoms. The van der Waals surface area contributed by atoms with Gasteiger partial charge in [0.25, 0.3) is 0 Å². The summed E-state index contributed by atoms with van der Waals surface area (Å²) in [6.07, 6.45) is 0.895. The van der Waals surface area contributed by atoms with E-state index in [-0.39, 0.29) is 5.69 Å². The van der Waals surface area contributed by atoms with Gasteiger partial charge in [0.2, 0.25) is 15.9 Å². The monoisotopic (exact) mass is 368 g/mol. The third kappa shape index (κ3) is 4.33. The van der Waals surface area contributed by atoms with E-state index in [0.717, 1.165) is 34.3 Å². The number of rotatable bonds is 5. The lowest BCUT2D eigenvalue weighted by Crippen LogP contribution is -2.45. The number of benzene rings is 2. The zero-order valence-electron chi connectivity index (χ0n) is 14.0. The molecule has 1 amide bonds. The van der Waals surface area contributed by atoms with Crippen LogP contribution in [0.3, 0.4) is 0 Å². The maximum atomic E-state index is 13.5. The van der Waals surface area contributed by atoms with Gasteiger partial charge >= 0.3 is 0 Å². The van der Waals surface area contributed by atoms with Crippen molar-refractivity contribution in [3.63, 3.8) is 0 Å². The minimum absolute atomic E-state index is 0.131. The van der Waals surface area contributed by atoms with Gasteiger partial charge in [0.1, 0.15) is 6.04 Å². The molecular weight excluding hydrogens is 350 g/mol. The molecule has 0 unspecified atom stereocenters. The first-order chi connectivity index (χ1) is 11.6. The number of nitrogens with one attached hydrogen (secondary N) is 1. The van der Waals surface area contributed by atoms with Crippen molar-refractivity contribution in [2.24, 2.45) is 0 Å². The van der Waals surface area contributed by atoms with E-state index < -0.39 is 33.6 Å². The van der Waals surface area contributed by atoms with Crippen molar-refractivity contribution in [2.45, 2.75) is 19.9 Å². The number of sulfonamides is 1. The van der Waals surface area contributed by atoms with Crippen molar-refractivity contribution >= 4 is 27.3 Å². The summed E-state index contributed by atoms with van der Waals surface area (Å²) in [6.45, 7) is 3.17. The number of aryl methyl sites for hydroxylation is 1. The maximum absolute atomic E-state index is 13.5. The van der Waals surface area contributed by atoms with Crippen molar-refractivity contribution in [1.29, 1.82) is 0 Å². The van der Waals surface area contributed by atoms with E-state index in [1.54, 1.807) is 31.2 Å². The molecule has 2 aromatic carbocycles. The van der Waals surface area contributed by atoms with E-state index in [1.165, 1.54) is 6.92 Å². The van der Waals surface area contributed by atoms with Crippen molar-refractivity contribution in [3.8, 4) is 0 Å². The van der Waals surface area contributed by atoms with Gasteiger partial charge < -0.3 is 5.32 Å². The molecule has 8 heteroatoms. The number of halogens is 2. The van der Waals surface area contributed by atoms with Crippen molar-refractivity contribution in [3.05, 3.63) is 59.7 Å². The van der Waals surface area contributed by atoms with E-state index in [4.69, 9.17) is 0 Å². The summed E-state index contributed by atoms with van der Waals surface area (Å²) in [7, 11) is -3.91. The zero-order chi connectivity index (χ0) is 18.8. The summed E-state index contributed by atoms with van der Waals surface area (Å²) in [5.41, 5.74) is 1.22. The van der Waals surface area contributed by atoms with Gasteiger partial charge in [-0.2, -0.15) is 0 Å². The minimum Gasteiger partial charge on any atom is -0.324 e. The number of nitrogens with zero attached hydrogens (tertiary/aromatic N) is 1. The second-order valence-corrected chi connectivity index (χ2v) is 7.50. The lowest BCUT2D eigenvalue weighted by molar-refractivity contribution is -0.116.